The predicted molar refractivity (Wildman–Crippen MR) is 42.7 cm³/mol. The third-order valence-electron chi connectivity index (χ3n) is 0.938. The van der Waals surface area contributed by atoms with Crippen LogP contribution < -0.4 is 0 Å². The van der Waals surface area contributed by atoms with Gasteiger partial charge in [0.25, 0.3) is 0 Å². The maximum absolute atomic E-state index is 5.25. The fourth-order valence-corrected chi connectivity index (χ4v) is 0.776. The van der Waals surface area contributed by atoms with E-state index in [1.54, 1.807) is 0 Å². The molecule has 0 heterocycles. The van der Waals surface area contributed by atoms with Crippen molar-refractivity contribution in [3.8, 4) is 0 Å². The van der Waals surface area contributed by atoms with E-state index in [1.165, 1.54) is 19.3 Å². The summed E-state index contributed by atoms with van der Waals surface area (Å²) in [6.45, 7) is 2.19. The van der Waals surface area contributed by atoms with Crippen molar-refractivity contribution in [2.24, 2.45) is 0 Å². The van der Waals surface area contributed by atoms with E-state index in [1.807, 2.05) is 5.82 Å². The second-order valence-electron chi connectivity index (χ2n) is 1.71. The van der Waals surface area contributed by atoms with Gasteiger partial charge in [-0.15, -0.1) is 8.46 Å². The highest BCUT2D eigenvalue weighted by Crippen LogP contribution is 2.04. The zero-order valence-electron chi connectivity index (χ0n) is 5.35. The van der Waals surface area contributed by atoms with Crippen molar-refractivity contribution in [3.05, 3.63) is 11.9 Å². The summed E-state index contributed by atoms with van der Waals surface area (Å²) in [6, 6.07) is 0. The molecule has 0 aliphatic rings. The summed E-state index contributed by atoms with van der Waals surface area (Å²) in [5.41, 5.74) is 0. The molecule has 2 radical (unpaired) electrons. The van der Waals surface area contributed by atoms with Gasteiger partial charge in [-0.3, -0.25) is 0 Å². The van der Waals surface area contributed by atoms with Crippen LogP contribution >= 0.6 is 8.46 Å². The zero-order chi connectivity index (χ0) is 6.24. The molecule has 0 aromatic rings. The first kappa shape index (κ1) is 8.23. The van der Waals surface area contributed by atoms with Crippen LogP contribution in [0.25, 0.3) is 0 Å². The van der Waals surface area contributed by atoms with Gasteiger partial charge in [0, 0.05) is 0 Å². The Morgan fingerprint density at radius 1 is 1.62 bits per heavy atom. The van der Waals surface area contributed by atoms with E-state index in [2.05, 4.69) is 13.0 Å². The molecule has 44 valence electrons. The third-order valence-corrected chi connectivity index (χ3v) is 1.37. The Labute approximate surface area is 54.9 Å². The summed E-state index contributed by atoms with van der Waals surface area (Å²) in [4.78, 5) is 0. The van der Waals surface area contributed by atoms with E-state index < -0.39 is 0 Å². The van der Waals surface area contributed by atoms with E-state index in [0.29, 0.717) is 8.46 Å². The first-order valence-corrected chi connectivity index (χ1v) is 4.18. The Kier molecular flexibility index (Phi) is 7.45. The second-order valence-corrected chi connectivity index (χ2v) is 2.38. The largest absolute Gasteiger partial charge is 0.149 e. The molecule has 1 atom stereocenters. The Morgan fingerprint density at radius 2 is 2.38 bits per heavy atom. The first-order chi connectivity index (χ1) is 3.91. The minimum Gasteiger partial charge on any atom is -0.149 e. The van der Waals surface area contributed by atoms with Crippen molar-refractivity contribution in [1.82, 2.24) is 0 Å². The fourth-order valence-electron chi connectivity index (χ4n) is 0.473. The summed E-state index contributed by atoms with van der Waals surface area (Å²) in [5.74, 6) is 2.04. The molecule has 0 aromatic heterocycles. The molecule has 0 spiro atoms. The highest BCUT2D eigenvalue weighted by molar-refractivity contribution is 7.69. The lowest BCUT2D eigenvalue weighted by Crippen LogP contribution is -1.63. The minimum absolute atomic E-state index is 0.488. The van der Waals surface area contributed by atoms with Crippen LogP contribution in [0.3, 0.4) is 0 Å². The SMILES string of the molecule is [B]PC=CCCCC. The van der Waals surface area contributed by atoms with Crippen LogP contribution in [0.4, 0.5) is 0 Å². The molecule has 8 heavy (non-hydrogen) atoms. The van der Waals surface area contributed by atoms with Gasteiger partial charge in [-0.1, -0.05) is 31.7 Å². The third kappa shape index (κ3) is 6.23. The van der Waals surface area contributed by atoms with Gasteiger partial charge in [-0.05, 0) is 6.42 Å². The molecule has 0 aromatic carbocycles. The highest BCUT2D eigenvalue weighted by Gasteiger charge is 1.74. The van der Waals surface area contributed by atoms with Crippen LogP contribution in [0.2, 0.25) is 0 Å². The maximum atomic E-state index is 5.25. The Morgan fingerprint density at radius 3 is 2.88 bits per heavy atom. The molecular formula is C6H12BP. The average Bonchev–Trinajstić information content (AvgIpc) is 1.81. The van der Waals surface area contributed by atoms with E-state index in [4.69, 9.17) is 7.57 Å². The van der Waals surface area contributed by atoms with Gasteiger partial charge in [0.1, 0.15) is 7.57 Å². The molecule has 1 unspecified atom stereocenters. The number of allylic oxidation sites excluding steroid dienone is 1. The van der Waals surface area contributed by atoms with Gasteiger partial charge in [0.2, 0.25) is 0 Å². The molecule has 0 saturated carbocycles. The Bertz CT molecular complexity index is 61.5. The molecule has 0 N–H and O–H groups in total. The summed E-state index contributed by atoms with van der Waals surface area (Å²) in [6.07, 6.45) is 5.92. The summed E-state index contributed by atoms with van der Waals surface area (Å²) < 4.78 is 0. The van der Waals surface area contributed by atoms with Crippen LogP contribution in [0.15, 0.2) is 11.9 Å². The van der Waals surface area contributed by atoms with E-state index in [0.717, 1.165) is 0 Å². The monoisotopic (exact) mass is 126 g/mol. The molecular weight excluding hydrogens is 114 g/mol. The van der Waals surface area contributed by atoms with Crippen LogP contribution in [-0.2, 0) is 0 Å². The standard InChI is InChI=1S/C6H12BP/c1-2-3-4-5-6-8-7/h5-6,8H,2-4H2,1H3. The Balaban J connectivity index is 2.80. The fraction of sp³-hybridized carbons (Fsp3) is 0.667. The second kappa shape index (κ2) is 7.23. The molecule has 0 amide bonds. The van der Waals surface area contributed by atoms with Crippen molar-refractivity contribution in [3.63, 3.8) is 0 Å². The van der Waals surface area contributed by atoms with Gasteiger partial charge >= 0.3 is 0 Å². The number of rotatable bonds is 4. The average molecular weight is 126 g/mol. The number of unbranched alkanes of at least 4 members (excludes halogenated alkanes) is 2. The van der Waals surface area contributed by atoms with Crippen LogP contribution in [0, 0.1) is 0 Å². The summed E-state index contributed by atoms with van der Waals surface area (Å²) >= 11 is 0. The van der Waals surface area contributed by atoms with E-state index in [9.17, 15) is 0 Å². The summed E-state index contributed by atoms with van der Waals surface area (Å²) in [5, 5.41) is 0. The normalized spacial score (nSPS) is 12.1. The van der Waals surface area contributed by atoms with Crippen LogP contribution in [0.5, 0.6) is 0 Å². The lowest BCUT2D eigenvalue weighted by Gasteiger charge is -1.85. The number of hydrogen-bond donors (Lipinski definition) is 0. The van der Waals surface area contributed by atoms with Crippen LogP contribution in [0.1, 0.15) is 26.2 Å². The Hall–Kier alpha value is 0.235. The van der Waals surface area contributed by atoms with Crippen molar-refractivity contribution in [2.45, 2.75) is 26.2 Å². The van der Waals surface area contributed by atoms with E-state index in [-0.39, 0.29) is 0 Å². The molecule has 0 rings (SSSR count). The van der Waals surface area contributed by atoms with Gasteiger partial charge < -0.3 is 0 Å². The lowest BCUT2D eigenvalue weighted by atomic mass is 10.2. The van der Waals surface area contributed by atoms with Crippen LogP contribution in [-0.4, -0.2) is 7.57 Å². The van der Waals surface area contributed by atoms with Gasteiger partial charge in [0.05, 0.1) is 0 Å². The lowest BCUT2D eigenvalue weighted by molar-refractivity contribution is 0.815. The quantitative estimate of drug-likeness (QED) is 0.308. The van der Waals surface area contributed by atoms with Gasteiger partial charge in [0.15, 0.2) is 0 Å². The minimum atomic E-state index is 0.488. The molecule has 0 bridgehead atoms. The first-order valence-electron chi connectivity index (χ1n) is 3.03. The van der Waals surface area contributed by atoms with Gasteiger partial charge in [-0.25, -0.2) is 0 Å². The summed E-state index contributed by atoms with van der Waals surface area (Å²) in [7, 11) is 5.74. The highest BCUT2D eigenvalue weighted by atomic mass is 31.1. The molecule has 0 aliphatic heterocycles. The molecule has 0 aliphatic carbocycles. The molecule has 0 nitrogen and oxygen atoms in total. The molecule has 2 heteroatoms. The smallest absolute Gasteiger partial charge is 0.110 e. The zero-order valence-corrected chi connectivity index (χ0v) is 6.35. The molecule has 0 saturated heterocycles. The maximum Gasteiger partial charge on any atom is 0.110 e. The predicted octanol–water partition coefficient (Wildman–Crippen LogP) is 2.45. The van der Waals surface area contributed by atoms with Crippen molar-refractivity contribution < 1.29 is 0 Å². The van der Waals surface area contributed by atoms with Crippen molar-refractivity contribution in [2.75, 3.05) is 0 Å². The van der Waals surface area contributed by atoms with Crippen molar-refractivity contribution in [1.29, 1.82) is 0 Å². The van der Waals surface area contributed by atoms with E-state index >= 15 is 0 Å². The molecule has 0 fully saturated rings. The number of hydrogen-bond acceptors (Lipinski definition) is 0. The topological polar surface area (TPSA) is 0 Å². The van der Waals surface area contributed by atoms with Crippen molar-refractivity contribution >= 4 is 16.0 Å². The van der Waals surface area contributed by atoms with Gasteiger partial charge in [-0.2, -0.15) is 0 Å².